The quantitative estimate of drug-likeness (QED) is 0.602. The molecular weight excluding hydrogens is 260 g/mol. The molecule has 0 saturated heterocycles. The van der Waals surface area contributed by atoms with E-state index in [0.29, 0.717) is 18.1 Å². The van der Waals surface area contributed by atoms with Crippen LogP contribution in [-0.2, 0) is 14.3 Å². The van der Waals surface area contributed by atoms with Crippen molar-refractivity contribution in [1.29, 1.82) is 0 Å². The molecule has 1 aliphatic carbocycles. The van der Waals surface area contributed by atoms with Gasteiger partial charge < -0.3 is 14.9 Å². The van der Waals surface area contributed by atoms with E-state index >= 15 is 0 Å². The number of carbonyl (C=O) groups excluding carboxylic acids is 1. The van der Waals surface area contributed by atoms with Gasteiger partial charge in [-0.2, -0.15) is 0 Å². The predicted molar refractivity (Wildman–Crippen MR) is 71.8 cm³/mol. The minimum absolute atomic E-state index is 0.0610. The molecular formula is C15H20O5. The Hall–Kier alpha value is -1.62. The third kappa shape index (κ3) is 2.63. The van der Waals surface area contributed by atoms with Gasteiger partial charge in [0, 0.05) is 11.5 Å². The molecule has 2 aliphatic rings. The van der Waals surface area contributed by atoms with Gasteiger partial charge >= 0.3 is 11.9 Å². The highest BCUT2D eigenvalue weighted by molar-refractivity contribution is 5.94. The highest BCUT2D eigenvalue weighted by atomic mass is 16.5. The van der Waals surface area contributed by atoms with E-state index in [-0.39, 0.29) is 23.4 Å². The Morgan fingerprint density at radius 2 is 2.20 bits per heavy atom. The number of carboxylic acid groups (broad SMARTS) is 1. The lowest BCUT2D eigenvalue weighted by molar-refractivity contribution is -0.137. The van der Waals surface area contributed by atoms with Gasteiger partial charge in [0.05, 0.1) is 12.2 Å². The van der Waals surface area contributed by atoms with Crippen LogP contribution >= 0.6 is 0 Å². The maximum Gasteiger partial charge on any atom is 0.335 e. The summed E-state index contributed by atoms with van der Waals surface area (Å²) in [5, 5.41) is 18.3. The molecule has 2 rings (SSSR count). The number of aliphatic carboxylic acids is 1. The van der Waals surface area contributed by atoms with Gasteiger partial charge in [-0.05, 0) is 30.3 Å². The van der Waals surface area contributed by atoms with E-state index in [2.05, 4.69) is 13.8 Å². The zero-order valence-corrected chi connectivity index (χ0v) is 11.8. The van der Waals surface area contributed by atoms with Crippen LogP contribution < -0.4 is 0 Å². The van der Waals surface area contributed by atoms with Crippen molar-refractivity contribution in [2.24, 2.45) is 17.8 Å². The first kappa shape index (κ1) is 14.8. The molecule has 0 bridgehead atoms. The first-order valence-electron chi connectivity index (χ1n) is 6.89. The molecule has 0 unspecified atom stereocenters. The summed E-state index contributed by atoms with van der Waals surface area (Å²) in [6.07, 6.45) is 3.27. The summed E-state index contributed by atoms with van der Waals surface area (Å²) in [6.45, 7) is 3.92. The molecule has 0 fully saturated rings. The molecule has 1 heterocycles. The van der Waals surface area contributed by atoms with Crippen molar-refractivity contribution >= 4 is 11.9 Å². The summed E-state index contributed by atoms with van der Waals surface area (Å²) in [5.74, 6) is -1.23. The van der Waals surface area contributed by atoms with Crippen LogP contribution in [0.3, 0.4) is 0 Å². The van der Waals surface area contributed by atoms with Gasteiger partial charge in [-0.3, -0.25) is 0 Å². The molecule has 20 heavy (non-hydrogen) atoms. The zero-order valence-electron chi connectivity index (χ0n) is 11.8. The van der Waals surface area contributed by atoms with Crippen molar-refractivity contribution in [1.82, 2.24) is 0 Å². The molecule has 0 aromatic heterocycles. The first-order chi connectivity index (χ1) is 9.45. The highest BCUT2D eigenvalue weighted by Crippen LogP contribution is 2.43. The number of rotatable bonds is 4. The van der Waals surface area contributed by atoms with Crippen LogP contribution in [0.2, 0.25) is 0 Å². The Kier molecular flexibility index (Phi) is 4.28. The number of hydrogen-bond donors (Lipinski definition) is 2. The van der Waals surface area contributed by atoms with Gasteiger partial charge in [0.15, 0.2) is 0 Å². The van der Waals surface area contributed by atoms with Crippen molar-refractivity contribution in [3.63, 3.8) is 0 Å². The van der Waals surface area contributed by atoms with Crippen LogP contribution in [0.15, 0.2) is 22.8 Å². The lowest BCUT2D eigenvalue weighted by Crippen LogP contribution is -2.28. The number of hydrogen-bond acceptors (Lipinski definition) is 4. The van der Waals surface area contributed by atoms with E-state index < -0.39 is 12.6 Å². The molecule has 5 nitrogen and oxygen atoms in total. The van der Waals surface area contributed by atoms with Crippen molar-refractivity contribution in [3.8, 4) is 0 Å². The lowest BCUT2D eigenvalue weighted by Gasteiger charge is -2.32. The van der Waals surface area contributed by atoms with E-state index in [1.165, 1.54) is 6.08 Å². The average Bonchev–Trinajstić information content (AvgIpc) is 2.77. The molecule has 1 aliphatic heterocycles. The van der Waals surface area contributed by atoms with E-state index in [4.69, 9.17) is 9.84 Å². The van der Waals surface area contributed by atoms with Crippen molar-refractivity contribution in [2.75, 3.05) is 13.2 Å². The third-order valence-electron chi connectivity index (χ3n) is 4.23. The molecule has 0 amide bonds. The topological polar surface area (TPSA) is 83.8 Å². The largest absolute Gasteiger partial charge is 0.478 e. The summed E-state index contributed by atoms with van der Waals surface area (Å²) in [6, 6.07) is 0. The highest BCUT2D eigenvalue weighted by Gasteiger charge is 2.39. The van der Waals surface area contributed by atoms with Gasteiger partial charge in [0.1, 0.15) is 6.61 Å². The smallest absolute Gasteiger partial charge is 0.335 e. The second-order valence-corrected chi connectivity index (χ2v) is 5.72. The van der Waals surface area contributed by atoms with E-state index in [9.17, 15) is 14.7 Å². The normalized spacial score (nSPS) is 26.8. The monoisotopic (exact) mass is 280 g/mol. The number of carboxylic acids is 1. The molecule has 5 heteroatoms. The van der Waals surface area contributed by atoms with Crippen molar-refractivity contribution in [2.45, 2.75) is 26.7 Å². The molecule has 0 saturated carbocycles. The van der Waals surface area contributed by atoms with Crippen LogP contribution in [0.5, 0.6) is 0 Å². The fraction of sp³-hybridized carbons (Fsp3) is 0.600. The fourth-order valence-electron chi connectivity index (χ4n) is 3.13. The van der Waals surface area contributed by atoms with E-state index in [0.717, 1.165) is 18.4 Å². The minimum Gasteiger partial charge on any atom is -0.478 e. The molecule has 2 N–H and O–H groups in total. The summed E-state index contributed by atoms with van der Waals surface area (Å²) in [5.41, 5.74) is 1.53. The number of allylic oxidation sites excluding steroid dienone is 1. The Labute approximate surface area is 117 Å². The zero-order chi connectivity index (χ0) is 14.9. The van der Waals surface area contributed by atoms with Crippen LogP contribution in [0.25, 0.3) is 0 Å². The maximum absolute atomic E-state index is 11.9. The van der Waals surface area contributed by atoms with Crippen LogP contribution in [0.1, 0.15) is 26.7 Å². The molecule has 110 valence electrons. The van der Waals surface area contributed by atoms with E-state index in [1.54, 1.807) is 0 Å². The second-order valence-electron chi connectivity index (χ2n) is 5.72. The van der Waals surface area contributed by atoms with Gasteiger partial charge in [-0.25, -0.2) is 9.59 Å². The van der Waals surface area contributed by atoms with Crippen molar-refractivity contribution < 1.29 is 24.5 Å². The lowest BCUT2D eigenvalue weighted by atomic mass is 9.70. The molecule has 0 radical (unpaired) electrons. The molecule has 2 atom stereocenters. The predicted octanol–water partition coefficient (Wildman–Crippen LogP) is 1.53. The van der Waals surface area contributed by atoms with Gasteiger partial charge in [0.25, 0.3) is 0 Å². The Bertz CT molecular complexity index is 486. The van der Waals surface area contributed by atoms with Crippen LogP contribution in [0.4, 0.5) is 0 Å². The summed E-state index contributed by atoms with van der Waals surface area (Å²) in [4.78, 5) is 23.0. The summed E-state index contributed by atoms with van der Waals surface area (Å²) >= 11 is 0. The first-order valence-corrected chi connectivity index (χ1v) is 6.89. The van der Waals surface area contributed by atoms with E-state index in [1.807, 2.05) is 0 Å². The minimum atomic E-state index is -1.14. The molecule has 0 aromatic rings. The number of ether oxygens (including phenoxy) is 1. The maximum atomic E-state index is 11.9. The Morgan fingerprint density at radius 1 is 1.50 bits per heavy atom. The SMILES string of the molecule is CC(C)[C@H]1CCC2=C(C(=O)OC2)[C@H]1/C=C(\CO)C(=O)O. The van der Waals surface area contributed by atoms with Gasteiger partial charge in [-0.1, -0.05) is 19.9 Å². The average molecular weight is 280 g/mol. The number of carbonyl (C=O) groups is 2. The van der Waals surface area contributed by atoms with Crippen molar-refractivity contribution in [3.05, 3.63) is 22.8 Å². The summed E-state index contributed by atoms with van der Waals surface area (Å²) in [7, 11) is 0. The standard InChI is InChI=1S/C15H20O5/c1-8(2)11-4-3-9-7-20-15(19)13(9)12(11)5-10(6-16)14(17)18/h5,8,11-12,16H,3-4,6-7H2,1-2H3,(H,17,18)/b10-5+/t11-,12+/m1/s1. The second kappa shape index (κ2) is 5.79. The Morgan fingerprint density at radius 3 is 2.75 bits per heavy atom. The molecule has 0 spiro atoms. The van der Waals surface area contributed by atoms with Crippen LogP contribution in [-0.4, -0.2) is 35.4 Å². The number of aliphatic hydroxyl groups is 1. The van der Waals surface area contributed by atoms with Crippen LogP contribution in [0, 0.1) is 17.8 Å². The number of aliphatic hydroxyl groups excluding tert-OH is 1. The Balaban J connectivity index is 2.43. The van der Waals surface area contributed by atoms with Gasteiger partial charge in [0.2, 0.25) is 0 Å². The van der Waals surface area contributed by atoms with Gasteiger partial charge in [-0.15, -0.1) is 0 Å². The molecule has 0 aromatic carbocycles. The summed E-state index contributed by atoms with van der Waals surface area (Å²) < 4.78 is 5.08. The number of cyclic esters (lactones) is 1. The fourth-order valence-corrected chi connectivity index (χ4v) is 3.13. The number of esters is 1. The third-order valence-corrected chi connectivity index (χ3v) is 4.23.